The lowest BCUT2D eigenvalue weighted by Crippen LogP contribution is -2.15. The number of benzene rings is 1. The highest BCUT2D eigenvalue weighted by Crippen LogP contribution is 2.22. The van der Waals surface area contributed by atoms with Crippen LogP contribution in [0.4, 0.5) is 5.69 Å². The van der Waals surface area contributed by atoms with Crippen LogP contribution >= 0.6 is 11.6 Å². The summed E-state index contributed by atoms with van der Waals surface area (Å²) in [5.41, 5.74) is 0.761. The van der Waals surface area contributed by atoms with Crippen molar-refractivity contribution >= 4 is 17.3 Å². The third kappa shape index (κ3) is 4.71. The number of nitrogens with one attached hydrogen (secondary N) is 1. The average Bonchev–Trinajstić information content (AvgIpc) is 2.28. The fraction of sp³-hybridized carbons (Fsp3) is 0.500. The first-order valence-corrected chi connectivity index (χ1v) is 6.16. The SMILES string of the molecule is CCCCCNCc1cc(Cl)ccc1[N+](=O)[O-]. The Morgan fingerprint density at radius 2 is 2.18 bits per heavy atom. The molecule has 5 heteroatoms. The average molecular weight is 257 g/mol. The molecule has 1 aromatic carbocycles. The van der Waals surface area contributed by atoms with Gasteiger partial charge in [-0.15, -0.1) is 0 Å². The zero-order chi connectivity index (χ0) is 12.7. The second-order valence-corrected chi connectivity index (χ2v) is 4.35. The van der Waals surface area contributed by atoms with Crippen molar-refractivity contribution in [1.29, 1.82) is 0 Å². The molecule has 0 fully saturated rings. The van der Waals surface area contributed by atoms with Crippen LogP contribution in [0.15, 0.2) is 18.2 Å². The number of nitrogens with zero attached hydrogens (tertiary/aromatic N) is 1. The van der Waals surface area contributed by atoms with E-state index >= 15 is 0 Å². The zero-order valence-corrected chi connectivity index (χ0v) is 10.7. The van der Waals surface area contributed by atoms with Gasteiger partial charge in [0.05, 0.1) is 4.92 Å². The van der Waals surface area contributed by atoms with E-state index in [2.05, 4.69) is 12.2 Å². The summed E-state index contributed by atoms with van der Waals surface area (Å²) in [6.07, 6.45) is 3.43. The van der Waals surface area contributed by atoms with E-state index in [4.69, 9.17) is 11.6 Å². The smallest absolute Gasteiger partial charge is 0.273 e. The van der Waals surface area contributed by atoms with Crippen LogP contribution in [0.1, 0.15) is 31.7 Å². The molecule has 0 amide bonds. The lowest BCUT2D eigenvalue weighted by molar-refractivity contribution is -0.385. The van der Waals surface area contributed by atoms with Crippen LogP contribution in [0.2, 0.25) is 5.02 Å². The highest BCUT2D eigenvalue weighted by Gasteiger charge is 2.12. The summed E-state index contributed by atoms with van der Waals surface area (Å²) in [5, 5.41) is 14.5. The number of halogens is 1. The van der Waals surface area contributed by atoms with Gasteiger partial charge in [0.15, 0.2) is 0 Å². The van der Waals surface area contributed by atoms with Gasteiger partial charge in [-0.3, -0.25) is 10.1 Å². The first kappa shape index (κ1) is 13.9. The first-order valence-electron chi connectivity index (χ1n) is 5.78. The van der Waals surface area contributed by atoms with Gasteiger partial charge in [0.25, 0.3) is 5.69 Å². The van der Waals surface area contributed by atoms with Crippen molar-refractivity contribution in [3.05, 3.63) is 38.9 Å². The molecule has 0 aliphatic rings. The molecule has 0 radical (unpaired) electrons. The fourth-order valence-electron chi connectivity index (χ4n) is 1.60. The van der Waals surface area contributed by atoms with Gasteiger partial charge in [-0.2, -0.15) is 0 Å². The minimum Gasteiger partial charge on any atom is -0.312 e. The van der Waals surface area contributed by atoms with Gasteiger partial charge in [-0.1, -0.05) is 31.4 Å². The van der Waals surface area contributed by atoms with Gasteiger partial charge >= 0.3 is 0 Å². The highest BCUT2D eigenvalue weighted by molar-refractivity contribution is 6.30. The summed E-state index contributed by atoms with van der Waals surface area (Å²) in [4.78, 5) is 10.4. The van der Waals surface area contributed by atoms with Gasteiger partial charge in [0, 0.05) is 23.2 Å². The Hall–Kier alpha value is -1.13. The van der Waals surface area contributed by atoms with Crippen LogP contribution < -0.4 is 5.32 Å². The predicted octanol–water partition coefficient (Wildman–Crippen LogP) is 3.53. The van der Waals surface area contributed by atoms with Crippen molar-refractivity contribution in [2.24, 2.45) is 0 Å². The molecule has 1 aromatic rings. The largest absolute Gasteiger partial charge is 0.312 e. The standard InChI is InChI=1S/C12H17ClN2O2/c1-2-3-4-7-14-9-10-8-11(13)5-6-12(10)15(16)17/h5-6,8,14H,2-4,7,9H2,1H3. The monoisotopic (exact) mass is 256 g/mol. The number of unbranched alkanes of at least 4 members (excludes halogenated alkanes) is 2. The summed E-state index contributed by atoms with van der Waals surface area (Å²) in [6.45, 7) is 3.50. The number of nitro benzene ring substituents is 1. The number of hydrogen-bond acceptors (Lipinski definition) is 3. The molecule has 94 valence electrons. The Labute approximate surface area is 106 Å². The fourth-order valence-corrected chi connectivity index (χ4v) is 1.79. The Kier molecular flexibility index (Phi) is 5.94. The van der Waals surface area contributed by atoms with Crippen LogP contribution in [0.25, 0.3) is 0 Å². The maximum Gasteiger partial charge on any atom is 0.273 e. The molecule has 0 spiro atoms. The second-order valence-electron chi connectivity index (χ2n) is 3.91. The highest BCUT2D eigenvalue weighted by atomic mass is 35.5. The Morgan fingerprint density at radius 3 is 2.82 bits per heavy atom. The number of nitro groups is 1. The molecule has 0 aromatic heterocycles. The molecule has 1 N–H and O–H groups in total. The van der Waals surface area contributed by atoms with Crippen molar-refractivity contribution in [2.75, 3.05) is 6.54 Å². The molecule has 0 aliphatic heterocycles. The zero-order valence-electron chi connectivity index (χ0n) is 9.91. The third-order valence-corrected chi connectivity index (χ3v) is 2.75. The molecule has 0 saturated carbocycles. The predicted molar refractivity (Wildman–Crippen MR) is 69.3 cm³/mol. The van der Waals surface area contributed by atoms with Crippen LogP contribution in [0.3, 0.4) is 0 Å². The van der Waals surface area contributed by atoms with Crippen molar-refractivity contribution in [2.45, 2.75) is 32.7 Å². The van der Waals surface area contributed by atoms with Gasteiger partial charge in [-0.25, -0.2) is 0 Å². The Bertz CT molecular complexity index is 383. The minimum atomic E-state index is -0.376. The maximum absolute atomic E-state index is 10.8. The molecule has 0 aliphatic carbocycles. The van der Waals surface area contributed by atoms with Crippen LogP contribution in [0, 0.1) is 10.1 Å². The summed E-state index contributed by atoms with van der Waals surface area (Å²) < 4.78 is 0. The lowest BCUT2D eigenvalue weighted by Gasteiger charge is -2.05. The van der Waals surface area contributed by atoms with E-state index in [0.717, 1.165) is 13.0 Å². The summed E-state index contributed by atoms with van der Waals surface area (Å²) in [5.74, 6) is 0. The quantitative estimate of drug-likeness (QED) is 0.461. The van der Waals surface area contributed by atoms with Gasteiger partial charge in [-0.05, 0) is 25.1 Å². The number of rotatable bonds is 7. The van der Waals surface area contributed by atoms with Gasteiger partial charge in [0.1, 0.15) is 0 Å². The molecule has 0 heterocycles. The van der Waals surface area contributed by atoms with E-state index in [1.165, 1.54) is 18.9 Å². The van der Waals surface area contributed by atoms with Gasteiger partial charge < -0.3 is 5.32 Å². The van der Waals surface area contributed by atoms with E-state index < -0.39 is 0 Å². The topological polar surface area (TPSA) is 55.2 Å². The molecule has 4 nitrogen and oxygen atoms in total. The van der Waals surface area contributed by atoms with Crippen LogP contribution in [-0.2, 0) is 6.54 Å². The molecular weight excluding hydrogens is 240 g/mol. The molecule has 0 bridgehead atoms. The molecule has 0 unspecified atom stereocenters. The van der Waals surface area contributed by atoms with Crippen molar-refractivity contribution in [1.82, 2.24) is 5.32 Å². The molecular formula is C12H17ClN2O2. The molecule has 17 heavy (non-hydrogen) atoms. The Balaban J connectivity index is 2.56. The summed E-state index contributed by atoms with van der Waals surface area (Å²) >= 11 is 5.83. The molecule has 0 saturated heterocycles. The van der Waals surface area contributed by atoms with Crippen LogP contribution in [0.5, 0.6) is 0 Å². The molecule has 0 atom stereocenters. The van der Waals surface area contributed by atoms with Crippen molar-refractivity contribution in [3.8, 4) is 0 Å². The van der Waals surface area contributed by atoms with E-state index in [1.54, 1.807) is 12.1 Å². The van der Waals surface area contributed by atoms with Crippen molar-refractivity contribution < 1.29 is 4.92 Å². The Morgan fingerprint density at radius 1 is 1.41 bits per heavy atom. The van der Waals surface area contributed by atoms with E-state index in [0.29, 0.717) is 17.1 Å². The van der Waals surface area contributed by atoms with Crippen LogP contribution in [-0.4, -0.2) is 11.5 Å². The first-order chi connectivity index (χ1) is 8.15. The van der Waals surface area contributed by atoms with Crippen molar-refractivity contribution in [3.63, 3.8) is 0 Å². The second kappa shape index (κ2) is 7.25. The minimum absolute atomic E-state index is 0.123. The molecule has 1 rings (SSSR count). The summed E-state index contributed by atoms with van der Waals surface area (Å²) in [6, 6.07) is 4.64. The number of hydrogen-bond donors (Lipinski definition) is 1. The van der Waals surface area contributed by atoms with E-state index in [1.807, 2.05) is 0 Å². The van der Waals surface area contributed by atoms with E-state index in [-0.39, 0.29) is 10.6 Å². The van der Waals surface area contributed by atoms with Gasteiger partial charge in [0.2, 0.25) is 0 Å². The normalized spacial score (nSPS) is 10.5. The third-order valence-electron chi connectivity index (χ3n) is 2.51. The maximum atomic E-state index is 10.8. The lowest BCUT2D eigenvalue weighted by atomic mass is 10.1. The summed E-state index contributed by atoms with van der Waals surface area (Å²) in [7, 11) is 0. The van der Waals surface area contributed by atoms with E-state index in [9.17, 15) is 10.1 Å².